The van der Waals surface area contributed by atoms with Crippen molar-refractivity contribution in [1.82, 2.24) is 0 Å². The van der Waals surface area contributed by atoms with Gasteiger partial charge in [0.2, 0.25) is 0 Å². The van der Waals surface area contributed by atoms with Crippen molar-refractivity contribution in [3.63, 3.8) is 0 Å². The molecular formula is C12H13ClO. The third kappa shape index (κ3) is 1.83. The fraction of sp³-hybridized carbons (Fsp3) is 0.417. The van der Waals surface area contributed by atoms with Crippen LogP contribution >= 0.6 is 11.6 Å². The lowest BCUT2D eigenvalue weighted by molar-refractivity contribution is -0.107. The lowest BCUT2D eigenvalue weighted by Gasteiger charge is -2.07. The number of hydrogen-bond acceptors (Lipinski definition) is 1. The largest absolute Gasteiger partial charge is 0.303 e. The summed E-state index contributed by atoms with van der Waals surface area (Å²) in [6.45, 7) is 0. The van der Waals surface area contributed by atoms with Gasteiger partial charge >= 0.3 is 0 Å². The average molecular weight is 209 g/mol. The summed E-state index contributed by atoms with van der Waals surface area (Å²) in [7, 11) is 0. The molecule has 0 heterocycles. The quantitative estimate of drug-likeness (QED) is 0.698. The van der Waals surface area contributed by atoms with Crippen molar-refractivity contribution in [2.24, 2.45) is 0 Å². The molecule has 0 spiro atoms. The van der Waals surface area contributed by atoms with Crippen LogP contribution in [0.4, 0.5) is 0 Å². The smallest absolute Gasteiger partial charge is 0.120 e. The number of hydrogen-bond donors (Lipinski definition) is 0. The molecule has 1 aliphatic carbocycles. The second kappa shape index (κ2) is 4.14. The Hall–Kier alpha value is -0.820. The van der Waals surface area contributed by atoms with E-state index in [9.17, 15) is 4.79 Å². The van der Waals surface area contributed by atoms with Gasteiger partial charge in [0.15, 0.2) is 0 Å². The molecule has 0 saturated heterocycles. The molecule has 0 unspecified atom stereocenters. The summed E-state index contributed by atoms with van der Waals surface area (Å²) < 4.78 is 0. The van der Waals surface area contributed by atoms with Gasteiger partial charge in [-0.25, -0.2) is 0 Å². The molecule has 0 aromatic heterocycles. The average Bonchev–Trinajstić information content (AvgIpc) is 2.61. The minimum atomic E-state index is 0.604. The highest BCUT2D eigenvalue weighted by molar-refractivity contribution is 6.30. The van der Waals surface area contributed by atoms with Crippen LogP contribution in [0.1, 0.15) is 29.5 Å². The van der Waals surface area contributed by atoms with Gasteiger partial charge in [0, 0.05) is 11.4 Å². The van der Waals surface area contributed by atoms with Gasteiger partial charge in [-0.05, 0) is 54.5 Å². The van der Waals surface area contributed by atoms with Crippen LogP contribution in [0, 0.1) is 0 Å². The van der Waals surface area contributed by atoms with Gasteiger partial charge < -0.3 is 4.79 Å². The van der Waals surface area contributed by atoms with Crippen molar-refractivity contribution >= 4 is 17.9 Å². The van der Waals surface area contributed by atoms with Gasteiger partial charge in [-0.1, -0.05) is 11.6 Å². The normalized spacial score (nSPS) is 14.1. The second-order valence-corrected chi connectivity index (χ2v) is 4.20. The zero-order chi connectivity index (χ0) is 9.97. The Morgan fingerprint density at radius 2 is 2.21 bits per heavy atom. The third-order valence-electron chi connectivity index (χ3n) is 2.80. The molecule has 0 amide bonds. The van der Waals surface area contributed by atoms with Crippen molar-refractivity contribution in [1.29, 1.82) is 0 Å². The first-order valence-electron chi connectivity index (χ1n) is 5.05. The molecule has 1 aromatic rings. The first-order valence-corrected chi connectivity index (χ1v) is 5.43. The first-order chi connectivity index (χ1) is 6.81. The van der Waals surface area contributed by atoms with Crippen LogP contribution in [0.25, 0.3) is 0 Å². The molecule has 0 N–H and O–H groups in total. The molecule has 14 heavy (non-hydrogen) atoms. The molecule has 0 bridgehead atoms. The number of halogens is 1. The molecule has 74 valence electrons. The molecule has 2 rings (SSSR count). The van der Waals surface area contributed by atoms with Gasteiger partial charge in [-0.15, -0.1) is 0 Å². The van der Waals surface area contributed by atoms with Crippen LogP contribution in [0.3, 0.4) is 0 Å². The van der Waals surface area contributed by atoms with Crippen molar-refractivity contribution in [2.45, 2.75) is 32.1 Å². The highest BCUT2D eigenvalue weighted by atomic mass is 35.5. The van der Waals surface area contributed by atoms with Crippen molar-refractivity contribution < 1.29 is 4.79 Å². The summed E-state index contributed by atoms with van der Waals surface area (Å²) in [5.41, 5.74) is 4.10. The van der Waals surface area contributed by atoms with Crippen LogP contribution in [0.5, 0.6) is 0 Å². The number of benzene rings is 1. The van der Waals surface area contributed by atoms with E-state index in [-0.39, 0.29) is 0 Å². The molecule has 0 aliphatic heterocycles. The Morgan fingerprint density at radius 3 is 3.00 bits per heavy atom. The predicted octanol–water partition coefficient (Wildman–Crippen LogP) is 2.96. The minimum Gasteiger partial charge on any atom is -0.303 e. The van der Waals surface area contributed by atoms with Crippen LogP contribution < -0.4 is 0 Å². The van der Waals surface area contributed by atoms with Crippen molar-refractivity contribution in [3.05, 3.63) is 33.8 Å². The standard InChI is InChI=1S/C12H13ClO/c13-11-7-9-3-1-5-12(9)10(8-11)4-2-6-14/h6-8H,1-5H2. The lowest BCUT2D eigenvalue weighted by Crippen LogP contribution is -1.94. The fourth-order valence-electron chi connectivity index (χ4n) is 2.19. The molecule has 0 radical (unpaired) electrons. The second-order valence-electron chi connectivity index (χ2n) is 3.76. The molecule has 1 aromatic carbocycles. The molecular weight excluding hydrogens is 196 g/mol. The minimum absolute atomic E-state index is 0.604. The Labute approximate surface area is 89.1 Å². The Morgan fingerprint density at radius 1 is 1.36 bits per heavy atom. The van der Waals surface area contributed by atoms with E-state index in [0.29, 0.717) is 6.42 Å². The van der Waals surface area contributed by atoms with E-state index in [1.807, 2.05) is 6.07 Å². The lowest BCUT2D eigenvalue weighted by atomic mass is 10.00. The number of aldehydes is 1. The molecule has 0 fully saturated rings. The van der Waals surface area contributed by atoms with Crippen LogP contribution in [0.2, 0.25) is 5.02 Å². The van der Waals surface area contributed by atoms with Crippen molar-refractivity contribution in [2.75, 3.05) is 0 Å². The molecule has 2 heteroatoms. The van der Waals surface area contributed by atoms with Gasteiger partial charge in [-0.3, -0.25) is 0 Å². The molecule has 1 nitrogen and oxygen atoms in total. The molecule has 1 aliphatic rings. The first kappa shape index (κ1) is 9.72. The van der Waals surface area contributed by atoms with E-state index in [0.717, 1.165) is 30.6 Å². The summed E-state index contributed by atoms with van der Waals surface area (Å²) in [5, 5.41) is 0.812. The maximum atomic E-state index is 10.3. The summed E-state index contributed by atoms with van der Waals surface area (Å²) in [6.07, 6.45) is 5.94. The molecule has 0 atom stereocenters. The van der Waals surface area contributed by atoms with Crippen LogP contribution in [-0.2, 0) is 24.1 Å². The van der Waals surface area contributed by atoms with E-state index in [1.54, 1.807) is 0 Å². The highest BCUT2D eigenvalue weighted by Gasteiger charge is 2.15. The summed E-state index contributed by atoms with van der Waals surface area (Å²) in [5.74, 6) is 0. The Kier molecular flexibility index (Phi) is 2.87. The van der Waals surface area contributed by atoms with E-state index in [1.165, 1.54) is 23.1 Å². The zero-order valence-corrected chi connectivity index (χ0v) is 8.81. The monoisotopic (exact) mass is 208 g/mol. The van der Waals surface area contributed by atoms with Crippen molar-refractivity contribution in [3.8, 4) is 0 Å². The number of aryl methyl sites for hydroxylation is 2. The highest BCUT2D eigenvalue weighted by Crippen LogP contribution is 2.29. The number of rotatable bonds is 3. The van der Waals surface area contributed by atoms with Gasteiger partial charge in [0.1, 0.15) is 6.29 Å². The van der Waals surface area contributed by atoms with E-state index < -0.39 is 0 Å². The SMILES string of the molecule is O=CCCc1cc(Cl)cc2c1CCC2. The summed E-state index contributed by atoms with van der Waals surface area (Å²) >= 11 is 6.02. The topological polar surface area (TPSA) is 17.1 Å². The molecule has 0 saturated carbocycles. The van der Waals surface area contributed by atoms with E-state index >= 15 is 0 Å². The van der Waals surface area contributed by atoms with Gasteiger partial charge in [0.05, 0.1) is 0 Å². The van der Waals surface area contributed by atoms with Gasteiger partial charge in [-0.2, -0.15) is 0 Å². The zero-order valence-electron chi connectivity index (χ0n) is 8.05. The summed E-state index contributed by atoms with van der Waals surface area (Å²) in [6, 6.07) is 4.07. The van der Waals surface area contributed by atoms with E-state index in [2.05, 4.69) is 6.07 Å². The Bertz CT molecular complexity index is 358. The van der Waals surface area contributed by atoms with Gasteiger partial charge in [0.25, 0.3) is 0 Å². The number of carbonyl (C=O) groups excluding carboxylic acids is 1. The predicted molar refractivity (Wildman–Crippen MR) is 57.9 cm³/mol. The number of fused-ring (bicyclic) bond motifs is 1. The number of carbonyl (C=O) groups is 1. The fourth-order valence-corrected chi connectivity index (χ4v) is 2.46. The van der Waals surface area contributed by atoms with Crippen LogP contribution in [-0.4, -0.2) is 6.29 Å². The van der Waals surface area contributed by atoms with E-state index in [4.69, 9.17) is 11.6 Å². The maximum absolute atomic E-state index is 10.3. The van der Waals surface area contributed by atoms with Crippen LogP contribution in [0.15, 0.2) is 12.1 Å². The summed E-state index contributed by atoms with van der Waals surface area (Å²) in [4.78, 5) is 10.3. The maximum Gasteiger partial charge on any atom is 0.120 e. The Balaban J connectivity index is 2.33. The third-order valence-corrected chi connectivity index (χ3v) is 3.02.